The number of carbonyl (C=O) groups is 2. The van der Waals surface area contributed by atoms with Crippen LogP contribution in [0.3, 0.4) is 0 Å². The molecule has 2 heterocycles. The fourth-order valence-corrected chi connectivity index (χ4v) is 4.09. The first-order valence-corrected chi connectivity index (χ1v) is 8.48. The molecular weight excluding hydrogens is 331 g/mol. The molecule has 3 rings (SSSR count). The Kier molecular flexibility index (Phi) is 4.45. The molecule has 0 bridgehead atoms. The van der Waals surface area contributed by atoms with Crippen molar-refractivity contribution < 1.29 is 18.7 Å². The Morgan fingerprint density at radius 2 is 2.21 bits per heavy atom. The summed E-state index contributed by atoms with van der Waals surface area (Å²) in [6, 6.07) is 5.19. The van der Waals surface area contributed by atoms with Crippen molar-refractivity contribution in [2.45, 2.75) is 31.6 Å². The minimum absolute atomic E-state index is 0.121. The van der Waals surface area contributed by atoms with Gasteiger partial charge in [0, 0.05) is 0 Å². The highest BCUT2D eigenvalue weighted by atomic mass is 32.2. The lowest BCUT2D eigenvalue weighted by Gasteiger charge is -2.32. The molecule has 0 N–H and O–H groups in total. The van der Waals surface area contributed by atoms with Crippen LogP contribution < -0.4 is 0 Å². The number of halogens is 1. The quantitative estimate of drug-likeness (QED) is 0.788. The molecule has 126 valence electrons. The molecule has 5 nitrogen and oxygen atoms in total. The number of allylic oxidation sites excluding steroid dienone is 1. The van der Waals surface area contributed by atoms with Gasteiger partial charge in [-0.2, -0.15) is 0 Å². The molecular formula is C17H17FN2O3S. The van der Waals surface area contributed by atoms with Gasteiger partial charge in [0.1, 0.15) is 5.82 Å². The first-order chi connectivity index (χ1) is 11.5. The third-order valence-corrected chi connectivity index (χ3v) is 5.41. The number of ether oxygens (including phenoxy) is 1. The number of rotatable bonds is 3. The number of esters is 1. The molecule has 1 aromatic carbocycles. The van der Waals surface area contributed by atoms with Crippen LogP contribution in [0.1, 0.15) is 31.9 Å². The van der Waals surface area contributed by atoms with Gasteiger partial charge < -0.3 is 4.74 Å². The first-order valence-electron chi connectivity index (χ1n) is 7.60. The fourth-order valence-electron chi connectivity index (χ4n) is 2.95. The van der Waals surface area contributed by atoms with Crippen molar-refractivity contribution in [3.63, 3.8) is 0 Å². The highest BCUT2D eigenvalue weighted by molar-refractivity contribution is 8.15. The summed E-state index contributed by atoms with van der Waals surface area (Å²) >= 11 is 1.38. The Labute approximate surface area is 143 Å². The topological polar surface area (TPSA) is 59.0 Å². The fraction of sp³-hybridized carbons (Fsp3) is 0.353. The van der Waals surface area contributed by atoms with Gasteiger partial charge in [-0.15, -0.1) is 0 Å². The molecule has 0 aromatic heterocycles. The van der Waals surface area contributed by atoms with E-state index in [2.05, 4.69) is 4.99 Å². The Balaban J connectivity index is 2.17. The number of aliphatic imine (C=N–C) groups is 1. The highest BCUT2D eigenvalue weighted by Gasteiger charge is 2.47. The van der Waals surface area contributed by atoms with Crippen LogP contribution >= 0.6 is 11.8 Å². The zero-order valence-electron chi connectivity index (χ0n) is 13.6. The molecule has 2 aliphatic heterocycles. The van der Waals surface area contributed by atoms with E-state index in [-0.39, 0.29) is 16.7 Å². The van der Waals surface area contributed by atoms with Gasteiger partial charge in [-0.25, -0.2) is 14.2 Å². The van der Waals surface area contributed by atoms with Gasteiger partial charge in [0.25, 0.3) is 0 Å². The minimum Gasteiger partial charge on any atom is -0.466 e. The molecule has 2 atom stereocenters. The zero-order chi connectivity index (χ0) is 17.4. The lowest BCUT2D eigenvalue weighted by molar-refractivity contribution is -0.137. The number of thioether (sulfide) groups is 1. The molecule has 24 heavy (non-hydrogen) atoms. The van der Waals surface area contributed by atoms with Crippen molar-refractivity contribution in [1.29, 1.82) is 0 Å². The van der Waals surface area contributed by atoms with Gasteiger partial charge in [-0.3, -0.25) is 9.69 Å². The van der Waals surface area contributed by atoms with E-state index in [9.17, 15) is 14.0 Å². The number of nitrogens with zero attached hydrogens (tertiary/aromatic N) is 2. The maximum absolute atomic E-state index is 13.7. The van der Waals surface area contributed by atoms with E-state index >= 15 is 0 Å². The molecule has 1 amide bonds. The molecule has 1 saturated heterocycles. The summed E-state index contributed by atoms with van der Waals surface area (Å²) in [4.78, 5) is 31.0. The summed E-state index contributed by atoms with van der Waals surface area (Å²) in [5.74, 6) is -1.11. The van der Waals surface area contributed by atoms with Crippen LogP contribution in [0, 0.1) is 5.82 Å². The normalized spacial score (nSPS) is 23.2. The number of hydrogen-bond acceptors (Lipinski definition) is 5. The van der Waals surface area contributed by atoms with E-state index in [1.54, 1.807) is 19.1 Å². The molecule has 1 fully saturated rings. The van der Waals surface area contributed by atoms with E-state index in [4.69, 9.17) is 4.74 Å². The summed E-state index contributed by atoms with van der Waals surface area (Å²) in [7, 11) is 1.28. The Bertz CT molecular complexity index is 775. The SMILES string of the molecule is CC[C@@H]1SC2=NC(C)=C(C(=O)OC)[C@H](c3cccc(F)c3)N2C1=O. The maximum Gasteiger partial charge on any atom is 0.338 e. The molecule has 0 radical (unpaired) electrons. The number of carbonyl (C=O) groups excluding carboxylic acids is 2. The second-order valence-corrected chi connectivity index (χ2v) is 6.74. The van der Waals surface area contributed by atoms with Gasteiger partial charge in [0.15, 0.2) is 5.17 Å². The second-order valence-electron chi connectivity index (χ2n) is 5.57. The van der Waals surface area contributed by atoms with Gasteiger partial charge >= 0.3 is 5.97 Å². The number of methoxy groups -OCH3 is 1. The third kappa shape index (κ3) is 2.62. The number of hydrogen-bond donors (Lipinski definition) is 0. The van der Waals surface area contributed by atoms with Gasteiger partial charge in [0.05, 0.1) is 29.7 Å². The van der Waals surface area contributed by atoms with Crippen molar-refractivity contribution in [2.75, 3.05) is 7.11 Å². The number of amidine groups is 1. The van der Waals surface area contributed by atoms with Crippen molar-refractivity contribution in [3.05, 3.63) is 46.9 Å². The molecule has 0 aliphatic carbocycles. The van der Waals surface area contributed by atoms with E-state index < -0.39 is 17.8 Å². The summed E-state index contributed by atoms with van der Waals surface area (Å²) in [5, 5.41) is 0.302. The Hall–Kier alpha value is -2.15. The standard InChI is InChI=1S/C17H17FN2O3S/c1-4-12-15(21)20-14(10-6-5-7-11(18)8-10)13(16(22)23-3)9(2)19-17(20)24-12/h5-8,12,14H,4H2,1-3H3/t12-,14-/m0/s1. The third-order valence-electron chi connectivity index (χ3n) is 4.09. The van der Waals surface area contributed by atoms with Gasteiger partial charge in [-0.05, 0) is 31.0 Å². The van der Waals surface area contributed by atoms with Gasteiger partial charge in [-0.1, -0.05) is 30.8 Å². The first kappa shape index (κ1) is 16.7. The van der Waals surface area contributed by atoms with Gasteiger partial charge in [0.2, 0.25) is 5.91 Å². The lowest BCUT2D eigenvalue weighted by Crippen LogP contribution is -2.40. The average Bonchev–Trinajstić information content (AvgIpc) is 2.88. The lowest BCUT2D eigenvalue weighted by atomic mass is 9.94. The molecule has 0 spiro atoms. The number of benzene rings is 1. The van der Waals surface area contributed by atoms with Crippen LogP contribution in [-0.4, -0.2) is 34.3 Å². The molecule has 0 saturated carbocycles. The van der Waals surface area contributed by atoms with Crippen LogP contribution in [-0.2, 0) is 14.3 Å². The summed E-state index contributed by atoms with van der Waals surface area (Å²) in [5.41, 5.74) is 1.27. The predicted molar refractivity (Wildman–Crippen MR) is 89.8 cm³/mol. The van der Waals surface area contributed by atoms with E-state index in [0.29, 0.717) is 22.8 Å². The number of fused-ring (bicyclic) bond motifs is 1. The van der Waals surface area contributed by atoms with Crippen LogP contribution in [0.5, 0.6) is 0 Å². The molecule has 2 aliphatic rings. The van der Waals surface area contributed by atoms with E-state index in [1.807, 2.05) is 6.92 Å². The Morgan fingerprint density at radius 3 is 2.83 bits per heavy atom. The molecule has 0 unspecified atom stereocenters. The van der Waals surface area contributed by atoms with Crippen LogP contribution in [0.15, 0.2) is 40.5 Å². The number of amides is 1. The second kappa shape index (κ2) is 6.39. The van der Waals surface area contributed by atoms with E-state index in [1.165, 1.54) is 35.9 Å². The van der Waals surface area contributed by atoms with Crippen LogP contribution in [0.4, 0.5) is 4.39 Å². The van der Waals surface area contributed by atoms with Crippen molar-refractivity contribution in [2.24, 2.45) is 4.99 Å². The van der Waals surface area contributed by atoms with E-state index in [0.717, 1.165) is 0 Å². The average molecular weight is 348 g/mol. The van der Waals surface area contributed by atoms with Crippen LogP contribution in [0.25, 0.3) is 0 Å². The largest absolute Gasteiger partial charge is 0.466 e. The van der Waals surface area contributed by atoms with Crippen molar-refractivity contribution in [3.8, 4) is 0 Å². The predicted octanol–water partition coefficient (Wildman–Crippen LogP) is 3.04. The van der Waals surface area contributed by atoms with Crippen molar-refractivity contribution in [1.82, 2.24) is 4.90 Å². The maximum atomic E-state index is 13.7. The summed E-state index contributed by atoms with van der Waals surface area (Å²) < 4.78 is 18.6. The Morgan fingerprint density at radius 1 is 1.46 bits per heavy atom. The monoisotopic (exact) mass is 348 g/mol. The zero-order valence-corrected chi connectivity index (χ0v) is 14.4. The minimum atomic E-state index is -0.725. The highest BCUT2D eigenvalue weighted by Crippen LogP contribution is 2.43. The summed E-state index contributed by atoms with van der Waals surface area (Å²) in [6.07, 6.45) is 0.654. The summed E-state index contributed by atoms with van der Waals surface area (Å²) in [6.45, 7) is 3.63. The van der Waals surface area contributed by atoms with Crippen LogP contribution in [0.2, 0.25) is 0 Å². The molecule has 7 heteroatoms. The van der Waals surface area contributed by atoms with Crippen molar-refractivity contribution >= 4 is 28.8 Å². The molecule has 1 aromatic rings. The smallest absolute Gasteiger partial charge is 0.338 e.